The number of ether oxygens (including phenoxy) is 1. The Bertz CT molecular complexity index is 2510. The standard InChI is InChI=1S/C47H46F2N4O6Si/c1-31-22-23-47(25-35(51-59-47)30-58-60(46(2,3)4,36-16-10-6-11-17-36)37-18-12-7-13-19-37)40-28-52(31)45(56)41-43(57-29-32-14-8-5-9-15-32)42(54)38(27-53(40)41)44(55)50-26-33-20-21-34(48)24-39(33)49/h5-24,27,31,40H,25-26,28-30H2,1-4H3,(H,50,55)/t31-,40+,47-/m0/s1. The first-order valence-corrected chi connectivity index (χ1v) is 21.9. The van der Waals surface area contributed by atoms with E-state index in [-0.39, 0.29) is 66.4 Å². The minimum absolute atomic E-state index is 0.0242. The predicted molar refractivity (Wildman–Crippen MR) is 227 cm³/mol. The molecule has 0 aliphatic carbocycles. The first-order valence-electron chi connectivity index (χ1n) is 20.0. The summed E-state index contributed by atoms with van der Waals surface area (Å²) < 4.78 is 43.3. The van der Waals surface area contributed by atoms with E-state index < -0.39 is 48.8 Å². The Morgan fingerprint density at radius 2 is 1.58 bits per heavy atom. The molecule has 5 aromatic rings. The largest absolute Gasteiger partial charge is 0.483 e. The number of nitrogens with one attached hydrogen (secondary N) is 1. The van der Waals surface area contributed by atoms with Gasteiger partial charge in [0.1, 0.15) is 23.8 Å². The highest BCUT2D eigenvalue weighted by Gasteiger charge is 2.54. The van der Waals surface area contributed by atoms with Crippen LogP contribution in [0.4, 0.5) is 8.78 Å². The average molecular weight is 829 g/mol. The first-order chi connectivity index (χ1) is 28.8. The highest BCUT2D eigenvalue weighted by atomic mass is 28.4. The molecule has 0 fully saturated rings. The molecule has 4 heterocycles. The van der Waals surface area contributed by atoms with Crippen molar-refractivity contribution >= 4 is 36.2 Å². The van der Waals surface area contributed by atoms with Crippen LogP contribution in [0.25, 0.3) is 0 Å². The predicted octanol–water partition coefficient (Wildman–Crippen LogP) is 6.68. The molecule has 8 rings (SSSR count). The van der Waals surface area contributed by atoms with Crippen molar-refractivity contribution in [1.82, 2.24) is 14.8 Å². The van der Waals surface area contributed by atoms with Gasteiger partial charge in [-0.2, -0.15) is 0 Å². The number of halogens is 2. The molecule has 3 aliphatic heterocycles. The van der Waals surface area contributed by atoms with Crippen molar-refractivity contribution in [3.63, 3.8) is 0 Å². The van der Waals surface area contributed by atoms with Crippen molar-refractivity contribution in [2.45, 2.75) is 70.0 Å². The maximum Gasteiger partial charge on any atom is 0.275 e. The van der Waals surface area contributed by atoms with E-state index in [0.29, 0.717) is 5.71 Å². The van der Waals surface area contributed by atoms with Crippen LogP contribution < -0.4 is 25.9 Å². The Balaban J connectivity index is 1.17. The van der Waals surface area contributed by atoms with Gasteiger partial charge in [-0.3, -0.25) is 14.4 Å². The van der Waals surface area contributed by atoms with Gasteiger partial charge in [0, 0.05) is 43.4 Å². The van der Waals surface area contributed by atoms with Crippen molar-refractivity contribution in [1.29, 1.82) is 0 Å². The SMILES string of the molecule is C[C@H]1C=C[C@]2(CC(CO[Si](c3ccccc3)(c3ccccc3)C(C)(C)C)=NO2)[C@H]2CN1C(=O)c1c(OCc3ccccc3)c(=O)c(C(=O)NCc3ccc(F)cc3F)cn12. The minimum atomic E-state index is -2.95. The van der Waals surface area contributed by atoms with Gasteiger partial charge in [-0.15, -0.1) is 0 Å². The number of hydrogen-bond acceptors (Lipinski definition) is 7. The number of hydrogen-bond donors (Lipinski definition) is 1. The smallest absolute Gasteiger partial charge is 0.275 e. The number of fused-ring (bicyclic) bond motifs is 5. The van der Waals surface area contributed by atoms with E-state index in [1.807, 2.05) is 85.8 Å². The Morgan fingerprint density at radius 1 is 0.933 bits per heavy atom. The molecule has 1 spiro atoms. The third kappa shape index (κ3) is 7.36. The summed E-state index contributed by atoms with van der Waals surface area (Å²) in [6, 6.07) is 31.7. The highest BCUT2D eigenvalue weighted by molar-refractivity contribution is 6.99. The Kier molecular flexibility index (Phi) is 10.9. The molecule has 60 heavy (non-hydrogen) atoms. The molecular formula is C47H46F2N4O6Si. The van der Waals surface area contributed by atoms with Crippen LogP contribution in [-0.2, 0) is 22.4 Å². The molecule has 13 heteroatoms. The van der Waals surface area contributed by atoms with Crippen molar-refractivity contribution in [2.75, 3.05) is 13.2 Å². The van der Waals surface area contributed by atoms with Crippen LogP contribution in [-0.4, -0.2) is 60.1 Å². The molecule has 4 aromatic carbocycles. The molecule has 0 unspecified atom stereocenters. The van der Waals surface area contributed by atoms with Gasteiger partial charge in [0.2, 0.25) is 5.43 Å². The topological polar surface area (TPSA) is 111 Å². The maximum atomic E-state index is 14.6. The van der Waals surface area contributed by atoms with E-state index in [1.54, 1.807) is 9.47 Å². The van der Waals surface area contributed by atoms with Gasteiger partial charge in [-0.05, 0) is 40.0 Å². The van der Waals surface area contributed by atoms with Crippen molar-refractivity contribution in [3.8, 4) is 5.75 Å². The fraction of sp³-hybridized carbons (Fsp3) is 0.277. The summed E-state index contributed by atoms with van der Waals surface area (Å²) in [5.74, 6) is -3.17. The molecule has 308 valence electrons. The van der Waals surface area contributed by atoms with Crippen molar-refractivity contribution < 1.29 is 32.4 Å². The third-order valence-corrected chi connectivity index (χ3v) is 16.7. The number of aromatic nitrogens is 1. The second kappa shape index (κ2) is 16.1. The molecule has 3 atom stereocenters. The van der Waals surface area contributed by atoms with Gasteiger partial charge >= 0.3 is 0 Å². The van der Waals surface area contributed by atoms with Gasteiger partial charge in [-0.25, -0.2) is 8.78 Å². The van der Waals surface area contributed by atoms with Crippen molar-refractivity contribution in [2.24, 2.45) is 5.16 Å². The van der Waals surface area contributed by atoms with Crippen LogP contribution in [0.2, 0.25) is 5.04 Å². The van der Waals surface area contributed by atoms with Gasteiger partial charge in [0.25, 0.3) is 20.1 Å². The van der Waals surface area contributed by atoms with E-state index >= 15 is 0 Å². The van der Waals surface area contributed by atoms with Crippen molar-refractivity contribution in [3.05, 3.63) is 172 Å². The number of oxime groups is 1. The maximum absolute atomic E-state index is 14.6. The zero-order valence-electron chi connectivity index (χ0n) is 33.9. The molecule has 0 radical (unpaired) electrons. The second-order valence-corrected chi connectivity index (χ2v) is 20.9. The Morgan fingerprint density at radius 3 is 2.22 bits per heavy atom. The lowest BCUT2D eigenvalue weighted by atomic mass is 9.87. The quantitative estimate of drug-likeness (QED) is 0.118. The minimum Gasteiger partial charge on any atom is -0.483 e. The molecule has 10 nitrogen and oxygen atoms in total. The van der Waals surface area contributed by atoms with Crippen LogP contribution in [0.5, 0.6) is 5.75 Å². The fourth-order valence-electron chi connectivity index (χ4n) is 8.61. The third-order valence-electron chi connectivity index (χ3n) is 11.7. The van der Waals surface area contributed by atoms with E-state index in [0.717, 1.165) is 28.1 Å². The lowest BCUT2D eigenvalue weighted by Gasteiger charge is -2.43. The molecular weight excluding hydrogens is 783 g/mol. The van der Waals surface area contributed by atoms with Crippen LogP contribution >= 0.6 is 0 Å². The molecule has 0 saturated carbocycles. The summed E-state index contributed by atoms with van der Waals surface area (Å²) >= 11 is 0. The zero-order valence-corrected chi connectivity index (χ0v) is 34.9. The number of pyridine rings is 1. The summed E-state index contributed by atoms with van der Waals surface area (Å²) in [4.78, 5) is 50.9. The normalized spacial score (nSPS) is 19.7. The number of benzene rings is 4. The monoisotopic (exact) mass is 828 g/mol. The zero-order chi connectivity index (χ0) is 42.2. The molecule has 2 bridgehead atoms. The van der Waals surface area contributed by atoms with Crippen LogP contribution in [0.3, 0.4) is 0 Å². The summed E-state index contributed by atoms with van der Waals surface area (Å²) in [5.41, 5.74) is -0.879. The van der Waals surface area contributed by atoms with Crippen LogP contribution in [0, 0.1) is 11.6 Å². The van der Waals surface area contributed by atoms with E-state index in [2.05, 4.69) is 55.5 Å². The number of carbonyl (C=O) groups excluding carboxylic acids is 2. The molecule has 0 saturated heterocycles. The Hall–Kier alpha value is -6.18. The van der Waals surface area contributed by atoms with E-state index in [4.69, 9.17) is 14.0 Å². The Labute approximate surface area is 348 Å². The summed E-state index contributed by atoms with van der Waals surface area (Å²) in [6.07, 6.45) is 5.47. The number of carbonyl (C=O) groups is 2. The fourth-order valence-corrected chi connectivity index (χ4v) is 13.1. The lowest BCUT2D eigenvalue weighted by Crippen LogP contribution is -2.67. The van der Waals surface area contributed by atoms with Gasteiger partial charge < -0.3 is 28.8 Å². The molecule has 2 amide bonds. The van der Waals surface area contributed by atoms with Gasteiger partial charge in [0.05, 0.1) is 18.4 Å². The number of nitrogens with zero attached hydrogens (tertiary/aromatic N) is 3. The summed E-state index contributed by atoms with van der Waals surface area (Å²) in [7, 11) is -2.95. The second-order valence-electron chi connectivity index (χ2n) is 16.6. The molecule has 3 aliphatic rings. The van der Waals surface area contributed by atoms with E-state index in [9.17, 15) is 23.2 Å². The summed E-state index contributed by atoms with van der Waals surface area (Å²) in [6.45, 7) is 8.46. The molecule has 1 aromatic heterocycles. The first kappa shape index (κ1) is 40.6. The summed E-state index contributed by atoms with van der Waals surface area (Å²) in [5, 5.41) is 9.22. The van der Waals surface area contributed by atoms with Gasteiger partial charge in [0.15, 0.2) is 17.0 Å². The highest BCUT2D eigenvalue weighted by Crippen LogP contribution is 2.44. The lowest BCUT2D eigenvalue weighted by molar-refractivity contribution is -0.0317. The molecule has 1 N–H and O–H groups in total. The van der Waals surface area contributed by atoms with Crippen LogP contribution in [0.15, 0.2) is 137 Å². The number of amides is 2. The van der Waals surface area contributed by atoms with Gasteiger partial charge in [-0.1, -0.05) is 129 Å². The number of rotatable bonds is 11. The van der Waals surface area contributed by atoms with Crippen LogP contribution in [0.1, 0.15) is 72.1 Å². The van der Waals surface area contributed by atoms with E-state index in [1.165, 1.54) is 12.3 Å². The average Bonchev–Trinajstić information content (AvgIpc) is 3.61.